The lowest BCUT2D eigenvalue weighted by Crippen LogP contribution is -2.47. The van der Waals surface area contributed by atoms with Crippen LogP contribution in [0.3, 0.4) is 0 Å². The molecular formula is C14H27Cl2N3O. The normalized spacial score (nSPS) is 30.2. The first kappa shape index (κ1) is 18.0. The van der Waals surface area contributed by atoms with Gasteiger partial charge in [-0.3, -0.25) is 4.79 Å². The fourth-order valence-electron chi connectivity index (χ4n) is 3.24. The highest BCUT2D eigenvalue weighted by atomic mass is 35.5. The molecule has 118 valence electrons. The fourth-order valence-corrected chi connectivity index (χ4v) is 3.24. The lowest BCUT2D eigenvalue weighted by atomic mass is 10.0. The number of piperidine rings is 1. The maximum absolute atomic E-state index is 12.0. The van der Waals surface area contributed by atoms with E-state index in [9.17, 15) is 4.79 Å². The van der Waals surface area contributed by atoms with E-state index < -0.39 is 0 Å². The molecule has 0 aromatic carbocycles. The van der Waals surface area contributed by atoms with Gasteiger partial charge in [-0.25, -0.2) is 0 Å². The molecule has 0 aromatic rings. The maximum atomic E-state index is 12.0. The first-order valence-corrected chi connectivity index (χ1v) is 7.58. The molecule has 20 heavy (non-hydrogen) atoms. The molecular weight excluding hydrogens is 297 g/mol. The van der Waals surface area contributed by atoms with Gasteiger partial charge >= 0.3 is 0 Å². The summed E-state index contributed by atoms with van der Waals surface area (Å²) in [7, 11) is 0. The van der Waals surface area contributed by atoms with Crippen LogP contribution in [0.15, 0.2) is 0 Å². The highest BCUT2D eigenvalue weighted by molar-refractivity contribution is 5.85. The van der Waals surface area contributed by atoms with Crippen molar-refractivity contribution < 1.29 is 4.79 Å². The van der Waals surface area contributed by atoms with Gasteiger partial charge in [0.1, 0.15) is 0 Å². The van der Waals surface area contributed by atoms with Crippen LogP contribution < -0.4 is 10.6 Å². The average molecular weight is 324 g/mol. The first-order valence-electron chi connectivity index (χ1n) is 7.58. The second kappa shape index (κ2) is 8.42. The SMILES string of the molecule is Cl.Cl.O=C(NCC1CCN(C2CC2)C1)C1CCCCN1. The molecule has 4 nitrogen and oxygen atoms in total. The predicted molar refractivity (Wildman–Crippen MR) is 85.8 cm³/mol. The Morgan fingerprint density at radius 1 is 1.15 bits per heavy atom. The monoisotopic (exact) mass is 323 g/mol. The molecule has 2 saturated heterocycles. The standard InChI is InChI=1S/C14H25N3O.2ClH/c18-14(13-3-1-2-7-15-13)16-9-11-6-8-17(10-11)12-4-5-12;;/h11-13,15H,1-10H2,(H,16,18);2*1H. The molecule has 6 heteroatoms. The number of rotatable bonds is 4. The summed E-state index contributed by atoms with van der Waals surface area (Å²) in [5.41, 5.74) is 0. The minimum Gasteiger partial charge on any atom is -0.354 e. The Morgan fingerprint density at radius 2 is 1.95 bits per heavy atom. The van der Waals surface area contributed by atoms with Crippen molar-refractivity contribution in [2.75, 3.05) is 26.2 Å². The van der Waals surface area contributed by atoms with Gasteiger partial charge in [0.15, 0.2) is 0 Å². The van der Waals surface area contributed by atoms with E-state index in [0.29, 0.717) is 5.92 Å². The van der Waals surface area contributed by atoms with Gasteiger partial charge in [0, 0.05) is 19.1 Å². The Hall–Kier alpha value is -0.0300. The second-order valence-corrected chi connectivity index (χ2v) is 6.13. The molecule has 2 heterocycles. The van der Waals surface area contributed by atoms with Gasteiger partial charge in [0.2, 0.25) is 5.91 Å². The summed E-state index contributed by atoms with van der Waals surface area (Å²) in [6.45, 7) is 4.31. The zero-order valence-corrected chi connectivity index (χ0v) is 13.6. The molecule has 0 bridgehead atoms. The highest BCUT2D eigenvalue weighted by Gasteiger charge is 2.34. The molecule has 1 aliphatic carbocycles. The number of hydrogen-bond acceptors (Lipinski definition) is 3. The van der Waals surface area contributed by atoms with Crippen LogP contribution in [0, 0.1) is 5.92 Å². The smallest absolute Gasteiger partial charge is 0.237 e. The Bertz CT molecular complexity index is 307. The van der Waals surface area contributed by atoms with Crippen LogP contribution in [0.2, 0.25) is 0 Å². The zero-order valence-electron chi connectivity index (χ0n) is 12.0. The predicted octanol–water partition coefficient (Wildman–Crippen LogP) is 1.57. The minimum absolute atomic E-state index is 0. The van der Waals surface area contributed by atoms with Gasteiger partial charge in [-0.1, -0.05) is 6.42 Å². The highest BCUT2D eigenvalue weighted by Crippen LogP contribution is 2.31. The number of nitrogens with one attached hydrogen (secondary N) is 2. The molecule has 0 spiro atoms. The summed E-state index contributed by atoms with van der Waals surface area (Å²) >= 11 is 0. The molecule has 3 fully saturated rings. The summed E-state index contributed by atoms with van der Waals surface area (Å²) in [6, 6.07) is 0.949. The van der Waals surface area contributed by atoms with E-state index in [1.165, 1.54) is 45.2 Å². The summed E-state index contributed by atoms with van der Waals surface area (Å²) < 4.78 is 0. The van der Waals surface area contributed by atoms with Gasteiger partial charge in [0.25, 0.3) is 0 Å². The third-order valence-electron chi connectivity index (χ3n) is 4.57. The van der Waals surface area contributed by atoms with E-state index in [-0.39, 0.29) is 36.8 Å². The van der Waals surface area contributed by atoms with E-state index in [0.717, 1.165) is 25.6 Å². The number of hydrogen-bond donors (Lipinski definition) is 2. The third-order valence-corrected chi connectivity index (χ3v) is 4.57. The van der Waals surface area contributed by atoms with E-state index in [1.807, 2.05) is 0 Å². The summed E-state index contributed by atoms with van der Waals surface area (Å²) in [6.07, 6.45) is 7.45. The van der Waals surface area contributed by atoms with Crippen molar-refractivity contribution in [1.29, 1.82) is 0 Å². The van der Waals surface area contributed by atoms with Crippen molar-refractivity contribution in [2.24, 2.45) is 5.92 Å². The Morgan fingerprint density at radius 3 is 2.60 bits per heavy atom. The van der Waals surface area contributed by atoms with Crippen molar-refractivity contribution in [2.45, 2.75) is 50.6 Å². The van der Waals surface area contributed by atoms with E-state index in [1.54, 1.807) is 0 Å². The summed E-state index contributed by atoms with van der Waals surface area (Å²) in [5, 5.41) is 6.45. The Labute approximate surface area is 134 Å². The van der Waals surface area contributed by atoms with Gasteiger partial charge in [-0.2, -0.15) is 0 Å². The maximum Gasteiger partial charge on any atom is 0.237 e. The quantitative estimate of drug-likeness (QED) is 0.825. The van der Waals surface area contributed by atoms with E-state index >= 15 is 0 Å². The van der Waals surface area contributed by atoms with Crippen LogP contribution in [0.1, 0.15) is 38.5 Å². The Kier molecular flexibility index (Phi) is 7.59. The van der Waals surface area contributed by atoms with Gasteiger partial charge < -0.3 is 15.5 Å². The van der Waals surface area contributed by atoms with E-state index in [2.05, 4.69) is 15.5 Å². The molecule has 3 rings (SSSR count). The van der Waals surface area contributed by atoms with Crippen molar-refractivity contribution in [1.82, 2.24) is 15.5 Å². The summed E-state index contributed by atoms with van der Waals surface area (Å²) in [4.78, 5) is 14.6. The molecule has 2 N–H and O–H groups in total. The van der Waals surface area contributed by atoms with Crippen LogP contribution in [-0.2, 0) is 4.79 Å². The van der Waals surface area contributed by atoms with Crippen molar-refractivity contribution >= 4 is 30.7 Å². The molecule has 3 aliphatic rings. The zero-order chi connectivity index (χ0) is 12.4. The van der Waals surface area contributed by atoms with Gasteiger partial charge in [-0.15, -0.1) is 24.8 Å². The van der Waals surface area contributed by atoms with Gasteiger partial charge in [-0.05, 0) is 51.1 Å². The van der Waals surface area contributed by atoms with Crippen molar-refractivity contribution in [3.05, 3.63) is 0 Å². The molecule has 2 atom stereocenters. The minimum atomic E-state index is 0. The third kappa shape index (κ3) is 4.76. The van der Waals surface area contributed by atoms with Gasteiger partial charge in [0.05, 0.1) is 6.04 Å². The van der Waals surface area contributed by atoms with Crippen LogP contribution >= 0.6 is 24.8 Å². The van der Waals surface area contributed by atoms with Crippen molar-refractivity contribution in [3.63, 3.8) is 0 Å². The number of nitrogens with zero attached hydrogens (tertiary/aromatic N) is 1. The first-order chi connectivity index (χ1) is 8.83. The van der Waals surface area contributed by atoms with Crippen LogP contribution in [0.5, 0.6) is 0 Å². The molecule has 1 amide bonds. The number of amides is 1. The number of carbonyl (C=O) groups is 1. The number of carbonyl (C=O) groups excluding carboxylic acids is 1. The number of likely N-dealkylation sites (tertiary alicyclic amines) is 1. The fraction of sp³-hybridized carbons (Fsp3) is 0.929. The number of halogens is 2. The summed E-state index contributed by atoms with van der Waals surface area (Å²) in [5.74, 6) is 0.901. The second-order valence-electron chi connectivity index (χ2n) is 6.13. The largest absolute Gasteiger partial charge is 0.354 e. The molecule has 1 saturated carbocycles. The Balaban J connectivity index is 0.000001000. The van der Waals surface area contributed by atoms with Crippen LogP contribution in [0.4, 0.5) is 0 Å². The topological polar surface area (TPSA) is 44.4 Å². The van der Waals surface area contributed by atoms with E-state index in [4.69, 9.17) is 0 Å². The lowest BCUT2D eigenvalue weighted by molar-refractivity contribution is -0.123. The molecule has 0 aromatic heterocycles. The van der Waals surface area contributed by atoms with Crippen molar-refractivity contribution in [3.8, 4) is 0 Å². The van der Waals surface area contributed by atoms with Crippen LogP contribution in [-0.4, -0.2) is 49.1 Å². The average Bonchev–Trinajstić information content (AvgIpc) is 3.16. The van der Waals surface area contributed by atoms with Crippen LogP contribution in [0.25, 0.3) is 0 Å². The molecule has 2 unspecified atom stereocenters. The molecule has 0 radical (unpaired) electrons. The molecule has 2 aliphatic heterocycles. The lowest BCUT2D eigenvalue weighted by Gasteiger charge is -2.23.